The number of thiophene rings is 1. The molecule has 1 aliphatic rings. The van der Waals surface area contributed by atoms with Gasteiger partial charge in [-0.05, 0) is 53.8 Å². The number of nitriles is 2. The van der Waals surface area contributed by atoms with Crippen molar-refractivity contribution in [3.05, 3.63) is 80.3 Å². The summed E-state index contributed by atoms with van der Waals surface area (Å²) in [6.45, 7) is 4.38. The second-order valence-electron chi connectivity index (χ2n) is 9.33. The van der Waals surface area contributed by atoms with Crippen LogP contribution in [0.3, 0.4) is 0 Å². The quantitative estimate of drug-likeness (QED) is 0.0735. The summed E-state index contributed by atoms with van der Waals surface area (Å²) >= 11 is 15.9. The average molecular weight is 685 g/mol. The molecular formula is C31H23Cl2N3O5S3. The summed E-state index contributed by atoms with van der Waals surface area (Å²) in [5.74, 6) is -1.63. The van der Waals surface area contributed by atoms with Gasteiger partial charge in [-0.1, -0.05) is 66.2 Å². The molecule has 1 fully saturated rings. The lowest BCUT2D eigenvalue weighted by Crippen LogP contribution is -2.30. The van der Waals surface area contributed by atoms with Gasteiger partial charge in [-0.25, -0.2) is 13.9 Å². The lowest BCUT2D eigenvalue weighted by atomic mass is 10.0. The van der Waals surface area contributed by atoms with E-state index in [1.165, 1.54) is 23.7 Å². The van der Waals surface area contributed by atoms with E-state index in [4.69, 9.17) is 37.1 Å². The number of carbonyl (C=O) groups is 2. The van der Waals surface area contributed by atoms with Crippen LogP contribution in [-0.2, 0) is 9.47 Å². The van der Waals surface area contributed by atoms with E-state index >= 15 is 0 Å². The molecule has 0 amide bonds. The monoisotopic (exact) mass is 683 g/mol. The minimum absolute atomic E-state index is 0.0775. The number of nitrogens with zero attached hydrogens (tertiary/aromatic N) is 3. The van der Waals surface area contributed by atoms with Crippen LogP contribution in [0.4, 0.5) is 0 Å². The van der Waals surface area contributed by atoms with Crippen LogP contribution in [0.1, 0.15) is 44.7 Å². The van der Waals surface area contributed by atoms with E-state index in [0.29, 0.717) is 63.0 Å². The fourth-order valence-electron chi connectivity index (χ4n) is 4.39. The van der Waals surface area contributed by atoms with Crippen molar-refractivity contribution in [2.75, 3.05) is 32.1 Å². The smallest absolute Gasteiger partial charge is 0.382 e. The highest BCUT2D eigenvalue weighted by Crippen LogP contribution is 2.44. The van der Waals surface area contributed by atoms with Crippen molar-refractivity contribution >= 4 is 70.2 Å². The van der Waals surface area contributed by atoms with Crippen molar-refractivity contribution < 1.29 is 23.5 Å². The molecule has 1 saturated heterocycles. The van der Waals surface area contributed by atoms with E-state index in [1.54, 1.807) is 48.5 Å². The SMILES string of the molecule is CCCSc1oc(C(=O)OC(=O)c2sc(SN3CCOCC3)c(C#N)c2-c2ccc(Cl)cc2)c(-c2ccc(Cl)cc2)c1C#N. The number of rotatable bonds is 9. The number of hydrogen-bond acceptors (Lipinski definition) is 11. The molecule has 1 aliphatic heterocycles. The third-order valence-electron chi connectivity index (χ3n) is 6.42. The summed E-state index contributed by atoms with van der Waals surface area (Å²) in [5, 5.41) is 21.5. The normalized spacial score (nSPS) is 13.3. The van der Waals surface area contributed by atoms with Crippen LogP contribution in [0.5, 0.6) is 0 Å². The van der Waals surface area contributed by atoms with E-state index in [0.717, 1.165) is 17.8 Å². The summed E-state index contributed by atoms with van der Waals surface area (Å²) < 4.78 is 19.4. The Morgan fingerprint density at radius 3 is 2.09 bits per heavy atom. The molecule has 5 rings (SSSR count). The highest BCUT2D eigenvalue weighted by molar-refractivity contribution is 7.99. The van der Waals surface area contributed by atoms with Crippen LogP contribution in [0, 0.1) is 22.7 Å². The second kappa shape index (κ2) is 14.7. The molecule has 0 atom stereocenters. The first-order valence-corrected chi connectivity index (χ1v) is 16.7. The first-order chi connectivity index (χ1) is 21.3. The molecule has 8 nitrogen and oxygen atoms in total. The molecule has 3 heterocycles. The average Bonchev–Trinajstić information content (AvgIpc) is 3.59. The predicted molar refractivity (Wildman–Crippen MR) is 172 cm³/mol. The molecule has 224 valence electrons. The Bertz CT molecular complexity index is 1770. The molecule has 2 aromatic carbocycles. The van der Waals surface area contributed by atoms with Crippen molar-refractivity contribution in [3.8, 4) is 34.4 Å². The minimum atomic E-state index is -1.06. The Balaban J connectivity index is 1.55. The standard InChI is InChI=1S/C31H23Cl2N3O5S3/c1-2-15-42-30-22(16-34)24(18-3-7-20(32)8-4-18)26(40-30)28(37)41-29(38)27-25(19-5-9-21(33)10-6-19)23(17-35)31(43-27)44-36-11-13-39-14-12-36/h3-10H,2,11-15H2,1H3. The summed E-state index contributed by atoms with van der Waals surface area (Å²) in [6, 6.07) is 17.7. The van der Waals surface area contributed by atoms with E-state index in [1.807, 2.05) is 6.92 Å². The predicted octanol–water partition coefficient (Wildman–Crippen LogP) is 8.56. The maximum atomic E-state index is 13.7. The van der Waals surface area contributed by atoms with Crippen LogP contribution in [-0.4, -0.2) is 48.3 Å². The van der Waals surface area contributed by atoms with Crippen LogP contribution in [0.25, 0.3) is 22.3 Å². The van der Waals surface area contributed by atoms with Gasteiger partial charge in [0.2, 0.25) is 5.76 Å². The molecule has 0 radical (unpaired) electrons. The van der Waals surface area contributed by atoms with Gasteiger partial charge in [0, 0.05) is 34.5 Å². The Morgan fingerprint density at radius 1 is 0.932 bits per heavy atom. The lowest BCUT2D eigenvalue weighted by Gasteiger charge is -2.24. The first kappa shape index (κ1) is 32.1. The van der Waals surface area contributed by atoms with Gasteiger partial charge < -0.3 is 13.9 Å². The van der Waals surface area contributed by atoms with Gasteiger partial charge in [0.05, 0.1) is 28.5 Å². The van der Waals surface area contributed by atoms with E-state index in [-0.39, 0.29) is 32.4 Å². The minimum Gasteiger partial charge on any atom is -0.441 e. The molecule has 4 aromatic rings. The van der Waals surface area contributed by atoms with Crippen LogP contribution in [0.15, 0.2) is 62.2 Å². The Labute approximate surface area is 276 Å². The number of furan rings is 1. The van der Waals surface area contributed by atoms with Crippen LogP contribution in [0.2, 0.25) is 10.0 Å². The lowest BCUT2D eigenvalue weighted by molar-refractivity contribution is 0.0376. The summed E-state index contributed by atoms with van der Waals surface area (Å²) in [4.78, 5) is 27.5. The first-order valence-electron chi connectivity index (χ1n) is 13.4. The number of hydrogen-bond donors (Lipinski definition) is 0. The molecule has 0 unspecified atom stereocenters. The largest absolute Gasteiger partial charge is 0.441 e. The summed E-state index contributed by atoms with van der Waals surface area (Å²) in [6.07, 6.45) is 0.808. The molecule has 0 bridgehead atoms. The molecule has 2 aromatic heterocycles. The van der Waals surface area contributed by atoms with E-state index in [2.05, 4.69) is 16.4 Å². The highest BCUT2D eigenvalue weighted by Gasteiger charge is 2.32. The number of morpholine rings is 1. The van der Waals surface area contributed by atoms with Crippen LogP contribution < -0.4 is 0 Å². The van der Waals surface area contributed by atoms with Gasteiger partial charge in [0.25, 0.3) is 0 Å². The molecule has 44 heavy (non-hydrogen) atoms. The number of halogens is 2. The van der Waals surface area contributed by atoms with E-state index in [9.17, 15) is 20.1 Å². The Hall–Kier alpha value is -3.26. The Morgan fingerprint density at radius 2 is 1.52 bits per heavy atom. The third-order valence-corrected chi connectivity index (χ3v) is 10.5. The summed E-state index contributed by atoms with van der Waals surface area (Å²) in [7, 11) is 0. The van der Waals surface area contributed by atoms with Gasteiger partial charge >= 0.3 is 11.9 Å². The molecular weight excluding hydrogens is 661 g/mol. The Kier molecular flexibility index (Phi) is 10.7. The highest BCUT2D eigenvalue weighted by atomic mass is 35.5. The number of esters is 2. The van der Waals surface area contributed by atoms with Gasteiger partial charge in [-0.2, -0.15) is 10.5 Å². The maximum Gasteiger partial charge on any atom is 0.382 e. The number of carbonyl (C=O) groups excluding carboxylic acids is 2. The topological polar surface area (TPSA) is 117 Å². The van der Waals surface area contributed by atoms with Crippen LogP contribution >= 0.6 is 58.2 Å². The zero-order valence-electron chi connectivity index (χ0n) is 23.2. The van der Waals surface area contributed by atoms with Gasteiger partial charge in [0.1, 0.15) is 22.6 Å². The molecule has 13 heteroatoms. The number of benzene rings is 2. The molecule has 0 spiro atoms. The zero-order valence-corrected chi connectivity index (χ0v) is 27.2. The van der Waals surface area contributed by atoms with Gasteiger partial charge in [0.15, 0.2) is 5.09 Å². The van der Waals surface area contributed by atoms with Gasteiger partial charge in [-0.15, -0.1) is 11.3 Å². The number of thioether (sulfide) groups is 1. The number of ether oxygens (including phenoxy) is 2. The van der Waals surface area contributed by atoms with Crippen molar-refractivity contribution in [1.82, 2.24) is 4.31 Å². The fourth-order valence-corrected chi connectivity index (χ4v) is 7.87. The fraction of sp³-hybridized carbons (Fsp3) is 0.226. The van der Waals surface area contributed by atoms with E-state index < -0.39 is 11.9 Å². The van der Waals surface area contributed by atoms with Crippen molar-refractivity contribution in [1.29, 1.82) is 10.5 Å². The second-order valence-corrected chi connectivity index (χ2v) is 13.7. The maximum absolute atomic E-state index is 13.7. The van der Waals surface area contributed by atoms with Crippen molar-refractivity contribution in [2.45, 2.75) is 22.6 Å². The van der Waals surface area contributed by atoms with Crippen molar-refractivity contribution in [3.63, 3.8) is 0 Å². The molecule has 0 saturated carbocycles. The molecule has 0 N–H and O–H groups in total. The third kappa shape index (κ3) is 7.01. The van der Waals surface area contributed by atoms with Gasteiger partial charge in [-0.3, -0.25) is 0 Å². The molecule has 0 aliphatic carbocycles. The van der Waals surface area contributed by atoms with Crippen molar-refractivity contribution in [2.24, 2.45) is 0 Å². The summed E-state index contributed by atoms with van der Waals surface area (Å²) in [5.41, 5.74) is 2.09. The zero-order chi connectivity index (χ0) is 31.2.